The van der Waals surface area contributed by atoms with Crippen LogP contribution in [0.15, 0.2) is 36.4 Å². The standard InChI is InChI=1S/C17H16O4/c1-10-7-14(16(18)19)5-3-12(10)9-13-4-6-15(17(20)21)8-11(13)2/h3-8H,9H2,1-2H3,(H,18,19)(H,20,21). The second-order valence-corrected chi connectivity index (χ2v) is 5.07. The van der Waals surface area contributed by atoms with E-state index >= 15 is 0 Å². The van der Waals surface area contributed by atoms with Gasteiger partial charge in [-0.3, -0.25) is 0 Å². The summed E-state index contributed by atoms with van der Waals surface area (Å²) in [6.45, 7) is 3.76. The van der Waals surface area contributed by atoms with Crippen LogP contribution in [0.4, 0.5) is 0 Å². The van der Waals surface area contributed by atoms with Gasteiger partial charge in [-0.15, -0.1) is 0 Å². The molecule has 0 saturated carbocycles. The van der Waals surface area contributed by atoms with Gasteiger partial charge in [0.05, 0.1) is 11.1 Å². The number of carboxylic acid groups (broad SMARTS) is 2. The minimum absolute atomic E-state index is 0.272. The Morgan fingerprint density at radius 1 is 0.810 bits per heavy atom. The van der Waals surface area contributed by atoms with Crippen molar-refractivity contribution >= 4 is 11.9 Å². The van der Waals surface area contributed by atoms with Crippen molar-refractivity contribution in [1.82, 2.24) is 0 Å². The molecule has 2 aromatic rings. The molecule has 0 heterocycles. The Hall–Kier alpha value is -2.62. The molecule has 4 heteroatoms. The van der Waals surface area contributed by atoms with Gasteiger partial charge in [-0.05, 0) is 66.8 Å². The fourth-order valence-corrected chi connectivity index (χ4v) is 2.26. The van der Waals surface area contributed by atoms with Crippen molar-refractivity contribution in [3.05, 3.63) is 69.8 Å². The highest BCUT2D eigenvalue weighted by Gasteiger charge is 2.09. The Labute approximate surface area is 122 Å². The second kappa shape index (κ2) is 5.79. The first-order chi connectivity index (χ1) is 9.88. The van der Waals surface area contributed by atoms with Crippen LogP contribution in [-0.4, -0.2) is 22.2 Å². The van der Waals surface area contributed by atoms with Crippen molar-refractivity contribution < 1.29 is 19.8 Å². The van der Waals surface area contributed by atoms with Crippen LogP contribution < -0.4 is 0 Å². The minimum Gasteiger partial charge on any atom is -0.478 e. The summed E-state index contributed by atoms with van der Waals surface area (Å²) in [5.74, 6) is -1.88. The van der Waals surface area contributed by atoms with Gasteiger partial charge in [0.1, 0.15) is 0 Å². The van der Waals surface area contributed by atoms with E-state index in [0.29, 0.717) is 6.42 Å². The predicted molar refractivity (Wildman–Crippen MR) is 79.1 cm³/mol. The number of carboxylic acids is 2. The van der Waals surface area contributed by atoms with Gasteiger partial charge in [-0.25, -0.2) is 9.59 Å². The van der Waals surface area contributed by atoms with Crippen LogP contribution in [-0.2, 0) is 6.42 Å². The highest BCUT2D eigenvalue weighted by Crippen LogP contribution is 2.19. The molecule has 0 aliphatic heterocycles. The average molecular weight is 284 g/mol. The Kier molecular flexibility index (Phi) is 4.08. The molecule has 2 aromatic carbocycles. The lowest BCUT2D eigenvalue weighted by Gasteiger charge is -2.10. The summed E-state index contributed by atoms with van der Waals surface area (Å²) in [4.78, 5) is 21.8. The summed E-state index contributed by atoms with van der Waals surface area (Å²) in [5, 5.41) is 17.9. The zero-order valence-corrected chi connectivity index (χ0v) is 11.9. The molecule has 0 bridgehead atoms. The summed E-state index contributed by atoms with van der Waals surface area (Å²) in [5.41, 5.74) is 4.44. The molecule has 0 aliphatic carbocycles. The lowest BCUT2D eigenvalue weighted by molar-refractivity contribution is 0.0686. The third kappa shape index (κ3) is 3.28. The molecule has 21 heavy (non-hydrogen) atoms. The Bertz CT molecular complexity index is 655. The van der Waals surface area contributed by atoms with Crippen molar-refractivity contribution in [3.63, 3.8) is 0 Å². The van der Waals surface area contributed by atoms with E-state index in [-0.39, 0.29) is 11.1 Å². The van der Waals surface area contributed by atoms with Crippen molar-refractivity contribution in [2.24, 2.45) is 0 Å². The topological polar surface area (TPSA) is 74.6 Å². The van der Waals surface area contributed by atoms with Crippen LogP contribution in [0.2, 0.25) is 0 Å². The Morgan fingerprint density at radius 3 is 1.48 bits per heavy atom. The summed E-state index contributed by atoms with van der Waals surface area (Å²) in [6.07, 6.45) is 0.650. The van der Waals surface area contributed by atoms with Crippen LogP contribution in [0.25, 0.3) is 0 Å². The fourth-order valence-electron chi connectivity index (χ4n) is 2.26. The lowest BCUT2D eigenvalue weighted by atomic mass is 9.95. The molecule has 0 amide bonds. The van der Waals surface area contributed by atoms with E-state index < -0.39 is 11.9 Å². The van der Waals surface area contributed by atoms with E-state index in [1.807, 2.05) is 26.0 Å². The van der Waals surface area contributed by atoms with E-state index in [1.54, 1.807) is 24.3 Å². The maximum absolute atomic E-state index is 10.9. The van der Waals surface area contributed by atoms with Gasteiger partial charge in [0, 0.05) is 0 Å². The monoisotopic (exact) mass is 284 g/mol. The summed E-state index contributed by atoms with van der Waals surface area (Å²) in [6, 6.07) is 10.1. The van der Waals surface area contributed by atoms with E-state index in [0.717, 1.165) is 22.3 Å². The first kappa shape index (κ1) is 14.8. The van der Waals surface area contributed by atoms with E-state index in [4.69, 9.17) is 10.2 Å². The molecule has 108 valence electrons. The quantitative estimate of drug-likeness (QED) is 0.903. The molecule has 2 N–H and O–H groups in total. The number of benzene rings is 2. The summed E-state index contributed by atoms with van der Waals surface area (Å²) in [7, 11) is 0. The first-order valence-corrected chi connectivity index (χ1v) is 6.54. The van der Waals surface area contributed by atoms with Crippen LogP contribution >= 0.6 is 0 Å². The normalized spacial score (nSPS) is 10.4. The van der Waals surface area contributed by atoms with Crippen molar-refractivity contribution in [2.45, 2.75) is 20.3 Å². The fraction of sp³-hybridized carbons (Fsp3) is 0.176. The molecule has 0 aliphatic rings. The zero-order valence-electron chi connectivity index (χ0n) is 11.9. The predicted octanol–water partition coefficient (Wildman–Crippen LogP) is 3.29. The highest BCUT2D eigenvalue weighted by molar-refractivity contribution is 5.88. The van der Waals surface area contributed by atoms with E-state index in [9.17, 15) is 9.59 Å². The second-order valence-electron chi connectivity index (χ2n) is 5.07. The zero-order chi connectivity index (χ0) is 15.6. The number of aromatic carboxylic acids is 2. The average Bonchev–Trinajstić information content (AvgIpc) is 2.42. The number of rotatable bonds is 4. The van der Waals surface area contributed by atoms with Gasteiger partial charge in [0.25, 0.3) is 0 Å². The molecule has 0 unspecified atom stereocenters. The number of aryl methyl sites for hydroxylation is 2. The van der Waals surface area contributed by atoms with E-state index in [2.05, 4.69) is 0 Å². The van der Waals surface area contributed by atoms with Crippen LogP contribution in [0.3, 0.4) is 0 Å². The van der Waals surface area contributed by atoms with Gasteiger partial charge in [-0.2, -0.15) is 0 Å². The summed E-state index contributed by atoms with van der Waals surface area (Å²) >= 11 is 0. The van der Waals surface area contributed by atoms with Gasteiger partial charge in [0.2, 0.25) is 0 Å². The highest BCUT2D eigenvalue weighted by atomic mass is 16.4. The SMILES string of the molecule is Cc1cc(C(=O)O)ccc1Cc1ccc(C(=O)O)cc1C. The Morgan fingerprint density at radius 2 is 1.19 bits per heavy atom. The van der Waals surface area contributed by atoms with Crippen LogP contribution in [0, 0.1) is 13.8 Å². The Balaban J connectivity index is 2.30. The first-order valence-electron chi connectivity index (χ1n) is 6.54. The van der Waals surface area contributed by atoms with Crippen LogP contribution in [0.5, 0.6) is 0 Å². The molecule has 0 spiro atoms. The van der Waals surface area contributed by atoms with Gasteiger partial charge in [-0.1, -0.05) is 12.1 Å². The summed E-state index contributed by atoms with van der Waals surface area (Å²) < 4.78 is 0. The van der Waals surface area contributed by atoms with Crippen molar-refractivity contribution in [1.29, 1.82) is 0 Å². The number of hydrogen-bond acceptors (Lipinski definition) is 2. The smallest absolute Gasteiger partial charge is 0.335 e. The molecular weight excluding hydrogens is 268 g/mol. The number of hydrogen-bond donors (Lipinski definition) is 2. The van der Waals surface area contributed by atoms with Gasteiger partial charge >= 0.3 is 11.9 Å². The molecule has 0 aromatic heterocycles. The molecule has 0 fully saturated rings. The lowest BCUT2D eigenvalue weighted by Crippen LogP contribution is -2.02. The molecule has 2 rings (SSSR count). The molecule has 0 saturated heterocycles. The van der Waals surface area contributed by atoms with Gasteiger partial charge < -0.3 is 10.2 Å². The molecular formula is C17H16O4. The van der Waals surface area contributed by atoms with Crippen molar-refractivity contribution in [3.8, 4) is 0 Å². The third-order valence-corrected chi connectivity index (χ3v) is 3.56. The molecule has 4 nitrogen and oxygen atoms in total. The van der Waals surface area contributed by atoms with Crippen molar-refractivity contribution in [2.75, 3.05) is 0 Å². The third-order valence-electron chi connectivity index (χ3n) is 3.56. The minimum atomic E-state index is -0.938. The molecule has 0 atom stereocenters. The van der Waals surface area contributed by atoms with Crippen LogP contribution in [0.1, 0.15) is 43.0 Å². The maximum atomic E-state index is 10.9. The largest absolute Gasteiger partial charge is 0.478 e. The number of carbonyl (C=O) groups is 2. The maximum Gasteiger partial charge on any atom is 0.335 e. The van der Waals surface area contributed by atoms with Gasteiger partial charge in [0.15, 0.2) is 0 Å². The van der Waals surface area contributed by atoms with E-state index in [1.165, 1.54) is 0 Å². The molecule has 0 radical (unpaired) electrons.